The molecule has 3 aromatic heterocycles. The molecule has 0 bridgehead atoms. The zero-order chi connectivity index (χ0) is 28.6. The maximum Gasteiger partial charge on any atom is 0.355 e. The van der Waals surface area contributed by atoms with E-state index in [-0.39, 0.29) is 22.3 Å². The van der Waals surface area contributed by atoms with Gasteiger partial charge in [0.05, 0.1) is 38.2 Å². The van der Waals surface area contributed by atoms with Gasteiger partial charge in [-0.3, -0.25) is 0 Å². The van der Waals surface area contributed by atoms with Crippen LogP contribution in [0.1, 0.15) is 31.2 Å². The number of hydrogen-bond donors (Lipinski definition) is 1. The second-order valence-corrected chi connectivity index (χ2v) is 10.4. The van der Waals surface area contributed by atoms with E-state index in [1.165, 1.54) is 18.6 Å². The first kappa shape index (κ1) is 27.4. The Morgan fingerprint density at radius 1 is 0.725 bits per heavy atom. The van der Waals surface area contributed by atoms with E-state index in [0.717, 1.165) is 38.6 Å². The summed E-state index contributed by atoms with van der Waals surface area (Å²) in [5, 5.41) is 0. The summed E-state index contributed by atoms with van der Waals surface area (Å²) in [4.78, 5) is 46.7. The number of ether oxygens (including phenoxy) is 3. The first-order valence-corrected chi connectivity index (χ1v) is 13.4. The van der Waals surface area contributed by atoms with Crippen LogP contribution in [0.25, 0.3) is 39.4 Å². The molecule has 0 aliphatic rings. The summed E-state index contributed by atoms with van der Waals surface area (Å²) in [6, 6.07) is 19.0. The average Bonchev–Trinajstić information content (AvgIpc) is 3.56. The molecule has 0 spiro atoms. The van der Waals surface area contributed by atoms with Gasteiger partial charge in [-0.25, -0.2) is 19.4 Å². The number of carbonyl (C=O) groups is 3. The second-order valence-electron chi connectivity index (χ2n) is 8.57. The van der Waals surface area contributed by atoms with E-state index in [9.17, 15) is 14.4 Å². The van der Waals surface area contributed by atoms with E-state index in [2.05, 4.69) is 36.8 Å². The van der Waals surface area contributed by atoms with E-state index in [1.54, 1.807) is 18.3 Å². The molecule has 0 amide bonds. The average molecular weight is 667 g/mol. The molecule has 5 aromatic rings. The Hall–Kier alpha value is -4.22. The second kappa shape index (κ2) is 11.1. The minimum atomic E-state index is -0.876. The number of benzene rings is 2. The highest BCUT2D eigenvalue weighted by molar-refractivity contribution is 9.10. The van der Waals surface area contributed by atoms with Crippen molar-refractivity contribution in [2.45, 2.75) is 0 Å². The van der Waals surface area contributed by atoms with Gasteiger partial charge in [-0.1, -0.05) is 56.1 Å². The number of imidazole rings is 1. The Kier molecular flexibility index (Phi) is 7.59. The Balaban J connectivity index is 1.76. The molecule has 0 saturated carbocycles. The molecule has 0 saturated heterocycles. The van der Waals surface area contributed by atoms with E-state index in [1.807, 2.05) is 48.5 Å². The molecule has 5 rings (SSSR count). The molecule has 0 unspecified atom stereocenters. The summed E-state index contributed by atoms with van der Waals surface area (Å²) in [7, 11) is 3.54. The number of aromatic nitrogens is 3. The molecule has 0 aliphatic carbocycles. The third kappa shape index (κ3) is 4.82. The van der Waals surface area contributed by atoms with Gasteiger partial charge >= 0.3 is 17.9 Å². The van der Waals surface area contributed by atoms with Gasteiger partial charge in [-0.15, -0.1) is 0 Å². The highest BCUT2D eigenvalue weighted by atomic mass is 79.9. The van der Waals surface area contributed by atoms with Crippen molar-refractivity contribution in [3.8, 4) is 33.9 Å². The topological polar surface area (TPSA) is 112 Å². The van der Waals surface area contributed by atoms with E-state index in [4.69, 9.17) is 19.2 Å². The van der Waals surface area contributed by atoms with Gasteiger partial charge in [0.1, 0.15) is 22.6 Å². The maximum absolute atomic E-state index is 12.9. The van der Waals surface area contributed by atoms with Crippen LogP contribution in [-0.4, -0.2) is 53.6 Å². The number of fused-ring (bicyclic) bond motifs is 1. The highest BCUT2D eigenvalue weighted by Crippen LogP contribution is 2.35. The van der Waals surface area contributed by atoms with Crippen molar-refractivity contribution in [2.75, 3.05) is 21.3 Å². The van der Waals surface area contributed by atoms with Gasteiger partial charge < -0.3 is 23.6 Å². The lowest BCUT2D eigenvalue weighted by Gasteiger charge is -2.04. The van der Waals surface area contributed by atoms with Gasteiger partial charge in [-0.2, -0.15) is 0 Å². The van der Waals surface area contributed by atoms with Crippen LogP contribution < -0.4 is 0 Å². The van der Waals surface area contributed by atoms with Crippen LogP contribution in [0.4, 0.5) is 0 Å². The van der Waals surface area contributed by atoms with Crippen molar-refractivity contribution in [3.05, 3.63) is 92.6 Å². The smallest absolute Gasteiger partial charge is 0.355 e. The molecule has 0 radical (unpaired) electrons. The molecule has 0 atom stereocenters. The first-order valence-electron chi connectivity index (χ1n) is 11.8. The summed E-state index contributed by atoms with van der Waals surface area (Å²) in [6.07, 6.45) is 1.57. The van der Waals surface area contributed by atoms with Crippen LogP contribution in [0, 0.1) is 0 Å². The molecule has 3 heterocycles. The van der Waals surface area contributed by atoms with Gasteiger partial charge in [0.2, 0.25) is 0 Å². The van der Waals surface area contributed by atoms with E-state index < -0.39 is 17.9 Å². The first-order chi connectivity index (χ1) is 19.3. The number of nitrogens with zero attached hydrogens (tertiary/aromatic N) is 2. The largest absolute Gasteiger partial charge is 0.465 e. The molecule has 2 aromatic carbocycles. The highest BCUT2D eigenvalue weighted by Gasteiger charge is 2.33. The number of nitrogens with one attached hydrogen (secondary N) is 1. The van der Waals surface area contributed by atoms with Crippen molar-refractivity contribution >= 4 is 55.3 Å². The number of aromatic amines is 1. The third-order valence-electron chi connectivity index (χ3n) is 6.32. The number of methoxy groups -OCH3 is 3. The number of carbonyl (C=O) groups excluding carboxylic acids is 3. The monoisotopic (exact) mass is 665 g/mol. The van der Waals surface area contributed by atoms with Crippen molar-refractivity contribution in [2.24, 2.45) is 0 Å². The van der Waals surface area contributed by atoms with E-state index in [0.29, 0.717) is 11.4 Å². The van der Waals surface area contributed by atoms with Gasteiger partial charge in [0.25, 0.3) is 0 Å². The molecule has 40 heavy (non-hydrogen) atoms. The predicted octanol–water partition coefficient (Wildman–Crippen LogP) is 6.55. The Morgan fingerprint density at radius 2 is 1.27 bits per heavy atom. The fourth-order valence-electron chi connectivity index (χ4n) is 4.46. The Bertz CT molecular complexity index is 1710. The number of H-pyrrole nitrogens is 1. The molecular weight excluding hydrogens is 646 g/mol. The maximum atomic E-state index is 12.9. The molecule has 9 nitrogen and oxygen atoms in total. The molecule has 11 heteroatoms. The summed E-state index contributed by atoms with van der Waals surface area (Å²) in [5.74, 6) is -1.99. The molecular formula is C29H21Br2N3O6. The fourth-order valence-corrected chi connectivity index (χ4v) is 4.99. The zero-order valence-corrected chi connectivity index (χ0v) is 24.6. The van der Waals surface area contributed by atoms with Gasteiger partial charge in [-0.05, 0) is 36.4 Å². The lowest BCUT2D eigenvalue weighted by Crippen LogP contribution is -2.15. The zero-order valence-electron chi connectivity index (χ0n) is 21.5. The SMILES string of the molecule is COC(=O)c1c(C(=O)OC)c2cc(-c3nc(-c4ccc(Br)cc4)c(-c4ccc(Br)cc4)[nH]3)ccn2c1C(=O)OC. The molecule has 1 N–H and O–H groups in total. The molecule has 0 fully saturated rings. The van der Waals surface area contributed by atoms with E-state index >= 15 is 0 Å². The number of hydrogen-bond acceptors (Lipinski definition) is 7. The van der Waals surface area contributed by atoms with Crippen molar-refractivity contribution in [1.82, 2.24) is 14.4 Å². The lowest BCUT2D eigenvalue weighted by atomic mass is 10.1. The summed E-state index contributed by atoms with van der Waals surface area (Å²) in [5.41, 5.74) is 3.65. The fraction of sp³-hybridized carbons (Fsp3) is 0.103. The van der Waals surface area contributed by atoms with Crippen molar-refractivity contribution in [1.29, 1.82) is 0 Å². The summed E-state index contributed by atoms with van der Waals surface area (Å²) in [6.45, 7) is 0. The van der Waals surface area contributed by atoms with Gasteiger partial charge in [0, 0.05) is 31.8 Å². The van der Waals surface area contributed by atoms with Crippen molar-refractivity contribution < 1.29 is 28.6 Å². The van der Waals surface area contributed by atoms with Crippen molar-refractivity contribution in [3.63, 3.8) is 0 Å². The molecule has 0 aliphatic heterocycles. The number of pyridine rings is 1. The van der Waals surface area contributed by atoms with Crippen LogP contribution in [-0.2, 0) is 14.2 Å². The van der Waals surface area contributed by atoms with Crippen LogP contribution in [0.5, 0.6) is 0 Å². The van der Waals surface area contributed by atoms with Crippen LogP contribution in [0.2, 0.25) is 0 Å². The number of esters is 3. The minimum absolute atomic E-state index is 0.121. The standard InChI is InChI=1S/C29H21Br2N3O6/c1-38-27(35)21-20-14-17(12-13-34(20)25(29(37)40-3)22(21)28(36)39-2)26-32-23(15-4-8-18(30)9-5-15)24(33-26)16-6-10-19(31)11-7-16/h4-14H,1-3H3,(H,32,33). The quantitative estimate of drug-likeness (QED) is 0.162. The predicted molar refractivity (Wildman–Crippen MR) is 155 cm³/mol. The van der Waals surface area contributed by atoms with Crippen LogP contribution in [0.3, 0.4) is 0 Å². The normalized spacial score (nSPS) is 10.9. The van der Waals surface area contributed by atoms with Crippen LogP contribution >= 0.6 is 31.9 Å². The lowest BCUT2D eigenvalue weighted by molar-refractivity contribution is 0.0536. The number of rotatable bonds is 6. The Morgan fingerprint density at radius 3 is 1.85 bits per heavy atom. The molecule has 202 valence electrons. The van der Waals surface area contributed by atoms with Gasteiger partial charge in [0.15, 0.2) is 0 Å². The Labute approximate surface area is 245 Å². The summed E-state index contributed by atoms with van der Waals surface area (Å²) < 4.78 is 18.1. The minimum Gasteiger partial charge on any atom is -0.465 e. The summed E-state index contributed by atoms with van der Waals surface area (Å²) >= 11 is 6.96. The van der Waals surface area contributed by atoms with Crippen LogP contribution in [0.15, 0.2) is 75.8 Å². The third-order valence-corrected chi connectivity index (χ3v) is 7.38. The number of halogens is 2.